The van der Waals surface area contributed by atoms with Crippen LogP contribution in [0.2, 0.25) is 0 Å². The quantitative estimate of drug-likeness (QED) is 0.746. The molecule has 1 spiro atoms. The number of hydrogen-bond acceptors (Lipinski definition) is 5. The fraction of sp³-hybridized carbons (Fsp3) is 0.938. The van der Waals surface area contributed by atoms with E-state index in [1.54, 1.807) is 0 Å². The van der Waals surface area contributed by atoms with Gasteiger partial charge in [0.05, 0.1) is 12.1 Å². The Morgan fingerprint density at radius 1 is 1.27 bits per heavy atom. The first-order valence-corrected chi connectivity index (χ1v) is 8.11. The monoisotopic (exact) mass is 314 g/mol. The van der Waals surface area contributed by atoms with Crippen molar-refractivity contribution in [2.45, 2.75) is 83.3 Å². The van der Waals surface area contributed by atoms with E-state index in [1.807, 2.05) is 27.7 Å². The summed E-state index contributed by atoms with van der Waals surface area (Å²) in [6, 6.07) is 0. The summed E-state index contributed by atoms with van der Waals surface area (Å²) in [6.45, 7) is 9.92. The van der Waals surface area contributed by atoms with Gasteiger partial charge in [-0.15, -0.1) is 10.3 Å². The van der Waals surface area contributed by atoms with Crippen LogP contribution in [0.25, 0.3) is 0 Å². The van der Waals surface area contributed by atoms with Crippen LogP contribution < -0.4 is 0 Å². The maximum Gasteiger partial charge on any atom is 0.302 e. The lowest BCUT2D eigenvalue weighted by Crippen LogP contribution is -2.66. The Kier molecular flexibility index (Phi) is 4.88. The van der Waals surface area contributed by atoms with Crippen molar-refractivity contribution in [1.82, 2.24) is 5.06 Å². The van der Waals surface area contributed by atoms with Gasteiger partial charge in [0.2, 0.25) is 0 Å². The van der Waals surface area contributed by atoms with Crippen LogP contribution in [0.4, 0.5) is 0 Å². The smallest absolute Gasteiger partial charge is 0.302 e. The van der Waals surface area contributed by atoms with Gasteiger partial charge in [-0.25, -0.2) is 0 Å². The molecule has 0 amide bonds. The number of ether oxygens (including phenoxy) is 3. The van der Waals surface area contributed by atoms with Crippen molar-refractivity contribution < 1.29 is 24.2 Å². The van der Waals surface area contributed by atoms with Gasteiger partial charge in [-0.05, 0) is 26.7 Å². The highest BCUT2D eigenvalue weighted by Crippen LogP contribution is 2.50. The first-order valence-electron chi connectivity index (χ1n) is 8.11. The molecule has 2 atom stereocenters. The van der Waals surface area contributed by atoms with Gasteiger partial charge in [0.1, 0.15) is 12.7 Å². The Labute approximate surface area is 132 Å². The van der Waals surface area contributed by atoms with Gasteiger partial charge in [-0.2, -0.15) is 0 Å². The zero-order valence-corrected chi connectivity index (χ0v) is 14.3. The third-order valence-corrected chi connectivity index (χ3v) is 4.98. The van der Waals surface area contributed by atoms with Gasteiger partial charge < -0.3 is 14.2 Å². The summed E-state index contributed by atoms with van der Waals surface area (Å²) in [6.07, 6.45) is 2.31. The van der Waals surface area contributed by atoms with Crippen LogP contribution in [0.3, 0.4) is 0 Å². The first-order chi connectivity index (χ1) is 10.2. The predicted molar refractivity (Wildman–Crippen MR) is 79.3 cm³/mol. The minimum absolute atomic E-state index is 0.198. The van der Waals surface area contributed by atoms with Crippen molar-refractivity contribution in [3.05, 3.63) is 0 Å². The summed E-state index contributed by atoms with van der Waals surface area (Å²) in [4.78, 5) is 10.9. The second-order valence-electron chi connectivity index (χ2n) is 7.16. The molecule has 0 aromatic rings. The third-order valence-electron chi connectivity index (χ3n) is 4.98. The Morgan fingerprint density at radius 3 is 2.45 bits per heavy atom. The van der Waals surface area contributed by atoms with Crippen molar-refractivity contribution in [1.29, 1.82) is 0 Å². The molecule has 2 aliphatic heterocycles. The number of esters is 1. The van der Waals surface area contributed by atoms with Crippen molar-refractivity contribution in [2.24, 2.45) is 0 Å². The van der Waals surface area contributed by atoms with Gasteiger partial charge in [0.25, 0.3) is 0 Å². The van der Waals surface area contributed by atoms with Gasteiger partial charge >= 0.3 is 5.97 Å². The lowest BCUT2D eigenvalue weighted by molar-refractivity contribution is -0.352. The zero-order valence-electron chi connectivity index (χ0n) is 14.3. The third kappa shape index (κ3) is 3.15. The first kappa shape index (κ1) is 17.7. The molecule has 22 heavy (non-hydrogen) atoms. The van der Waals surface area contributed by atoms with E-state index in [1.165, 1.54) is 12.0 Å². The van der Waals surface area contributed by atoms with Crippen molar-refractivity contribution in [3.63, 3.8) is 0 Å². The van der Waals surface area contributed by atoms with Crippen molar-refractivity contribution in [3.8, 4) is 0 Å². The highest BCUT2D eigenvalue weighted by atomic mass is 16.8. The van der Waals surface area contributed by atoms with Crippen LogP contribution in [0, 0.1) is 0 Å². The number of nitrogens with zero attached hydrogens (tertiary/aromatic N) is 1. The average Bonchev–Trinajstić information content (AvgIpc) is 2.83. The van der Waals surface area contributed by atoms with Crippen LogP contribution >= 0.6 is 0 Å². The number of carbonyl (C=O) groups excluding carboxylic acids is 1. The van der Waals surface area contributed by atoms with Gasteiger partial charge in [0.15, 0.2) is 5.79 Å². The minimum atomic E-state index is -0.749. The van der Waals surface area contributed by atoms with Crippen LogP contribution in [-0.4, -0.2) is 47.2 Å². The molecule has 2 unspecified atom stereocenters. The fourth-order valence-corrected chi connectivity index (χ4v) is 3.89. The molecule has 6 heteroatoms. The maximum atomic E-state index is 12.8. The molecule has 0 aliphatic carbocycles. The number of hydrogen-bond donors (Lipinski definition) is 0. The number of rotatable bonds is 4. The molecule has 0 N–H and O–H groups in total. The highest BCUT2D eigenvalue weighted by molar-refractivity contribution is 5.65. The number of piperidine rings is 1. The SMILES string of the molecule is CCC1(CC)CC2(CC(C)(C)N1[O])OCC(COC(C)=O)O2. The molecular formula is C16H28NO5. The van der Waals surface area contributed by atoms with Crippen LogP contribution in [0.1, 0.15) is 60.3 Å². The van der Waals surface area contributed by atoms with Crippen LogP contribution in [-0.2, 0) is 24.2 Å². The summed E-state index contributed by atoms with van der Waals surface area (Å²) >= 11 is 0. The summed E-state index contributed by atoms with van der Waals surface area (Å²) in [5.74, 6) is -1.07. The van der Waals surface area contributed by atoms with Gasteiger partial charge in [-0.1, -0.05) is 13.8 Å². The van der Waals surface area contributed by atoms with Gasteiger partial charge in [-0.3, -0.25) is 4.79 Å². The summed E-state index contributed by atoms with van der Waals surface area (Å²) in [5.41, 5.74) is -1.03. The van der Waals surface area contributed by atoms with Crippen LogP contribution in [0.15, 0.2) is 0 Å². The Morgan fingerprint density at radius 2 is 1.91 bits per heavy atom. The zero-order chi connectivity index (χ0) is 16.6. The van der Waals surface area contributed by atoms with E-state index in [4.69, 9.17) is 14.2 Å². The molecular weight excluding hydrogens is 286 g/mol. The van der Waals surface area contributed by atoms with E-state index in [-0.39, 0.29) is 18.7 Å². The molecule has 2 aliphatic rings. The summed E-state index contributed by atoms with van der Waals surface area (Å²) in [7, 11) is 0. The Bertz CT molecular complexity index is 421. The normalized spacial score (nSPS) is 34.0. The molecule has 2 fully saturated rings. The summed E-state index contributed by atoms with van der Waals surface area (Å²) in [5, 5.41) is 14.1. The Balaban J connectivity index is 2.16. The molecule has 0 saturated carbocycles. The number of hydroxylamine groups is 2. The lowest BCUT2D eigenvalue weighted by atomic mass is 9.73. The molecule has 2 heterocycles. The second kappa shape index (κ2) is 6.07. The van der Waals surface area contributed by atoms with E-state index < -0.39 is 16.9 Å². The lowest BCUT2D eigenvalue weighted by Gasteiger charge is -2.55. The largest absolute Gasteiger partial charge is 0.463 e. The van der Waals surface area contributed by atoms with E-state index in [9.17, 15) is 10.0 Å². The number of carbonyl (C=O) groups is 1. The van der Waals surface area contributed by atoms with Crippen LogP contribution in [0.5, 0.6) is 0 Å². The molecule has 6 nitrogen and oxygen atoms in total. The van der Waals surface area contributed by atoms with Crippen molar-refractivity contribution in [2.75, 3.05) is 13.2 Å². The standard InChI is InChI=1S/C16H28NO5/c1-6-15(7-2)11-16(10-14(4,5)17(15)19)21-9-13(22-16)8-20-12(3)18/h13H,6-11H2,1-5H3. The molecule has 1 radical (unpaired) electrons. The average molecular weight is 314 g/mol. The molecule has 0 bridgehead atoms. The molecule has 2 rings (SSSR count). The molecule has 127 valence electrons. The molecule has 0 aromatic heterocycles. The van der Waals surface area contributed by atoms with Gasteiger partial charge in [0, 0.05) is 25.3 Å². The predicted octanol–water partition coefficient (Wildman–Crippen LogP) is 2.44. The minimum Gasteiger partial charge on any atom is -0.463 e. The summed E-state index contributed by atoms with van der Waals surface area (Å²) < 4.78 is 17.1. The second-order valence-corrected chi connectivity index (χ2v) is 7.16. The highest BCUT2D eigenvalue weighted by Gasteiger charge is 2.59. The van der Waals surface area contributed by atoms with E-state index in [2.05, 4.69) is 0 Å². The Hall–Kier alpha value is -0.690. The van der Waals surface area contributed by atoms with Crippen molar-refractivity contribution >= 4 is 5.97 Å². The fourth-order valence-electron chi connectivity index (χ4n) is 3.89. The van der Waals surface area contributed by atoms with E-state index in [0.29, 0.717) is 19.4 Å². The molecule has 0 aromatic carbocycles. The topological polar surface area (TPSA) is 67.9 Å². The van der Waals surface area contributed by atoms with E-state index >= 15 is 0 Å². The van der Waals surface area contributed by atoms with E-state index in [0.717, 1.165) is 12.8 Å². The maximum absolute atomic E-state index is 12.8. The molecule has 2 saturated heterocycles.